The van der Waals surface area contributed by atoms with E-state index in [0.717, 1.165) is 11.3 Å². The number of carbonyl (C=O) groups excluding carboxylic acids is 1. The first-order chi connectivity index (χ1) is 9.74. The van der Waals surface area contributed by atoms with Crippen molar-refractivity contribution in [1.29, 1.82) is 5.26 Å². The molecule has 0 saturated carbocycles. The van der Waals surface area contributed by atoms with E-state index in [4.69, 9.17) is 14.4 Å². The largest absolute Gasteiger partial charge is 0.494 e. The summed E-state index contributed by atoms with van der Waals surface area (Å²) >= 11 is 0. The van der Waals surface area contributed by atoms with Crippen LogP contribution in [0.1, 0.15) is 23.0 Å². The van der Waals surface area contributed by atoms with Crippen LogP contribution in [0.4, 0.5) is 0 Å². The molecule has 2 rings (SSSR count). The second-order valence-corrected chi connectivity index (χ2v) is 3.98. The third-order valence-electron chi connectivity index (χ3n) is 2.61. The van der Waals surface area contributed by atoms with Crippen molar-refractivity contribution in [2.45, 2.75) is 6.92 Å². The van der Waals surface area contributed by atoms with E-state index in [9.17, 15) is 4.79 Å². The Morgan fingerprint density at radius 1 is 1.35 bits per heavy atom. The monoisotopic (exact) mass is 267 g/mol. The number of nitriles is 1. The van der Waals surface area contributed by atoms with Crippen molar-refractivity contribution in [2.75, 3.05) is 6.61 Å². The van der Waals surface area contributed by atoms with Crippen LogP contribution >= 0.6 is 0 Å². The van der Waals surface area contributed by atoms with Crippen LogP contribution in [0.15, 0.2) is 52.7 Å². The molecule has 2 aromatic rings. The summed E-state index contributed by atoms with van der Waals surface area (Å²) in [5.74, 6) is 0.482. The molecule has 0 saturated heterocycles. The van der Waals surface area contributed by atoms with Gasteiger partial charge >= 0.3 is 0 Å². The first-order valence-electron chi connectivity index (χ1n) is 6.17. The molecule has 0 fully saturated rings. The molecule has 0 bridgehead atoms. The minimum absolute atomic E-state index is 0.0316. The van der Waals surface area contributed by atoms with E-state index in [2.05, 4.69) is 0 Å². The summed E-state index contributed by atoms with van der Waals surface area (Å²) < 4.78 is 10.3. The number of nitrogens with zero attached hydrogens (tertiary/aromatic N) is 1. The van der Waals surface area contributed by atoms with Crippen molar-refractivity contribution in [3.8, 4) is 11.8 Å². The number of allylic oxidation sites excluding steroid dienone is 1. The lowest BCUT2D eigenvalue weighted by Crippen LogP contribution is -2.00. The van der Waals surface area contributed by atoms with Crippen molar-refractivity contribution in [3.05, 3.63) is 59.6 Å². The van der Waals surface area contributed by atoms with E-state index < -0.39 is 5.78 Å². The van der Waals surface area contributed by atoms with Gasteiger partial charge in [-0.1, -0.05) is 12.1 Å². The molecule has 0 aliphatic carbocycles. The molecule has 0 spiro atoms. The molecule has 1 aromatic heterocycles. The Bertz CT molecular complexity index is 646. The van der Waals surface area contributed by atoms with Crippen molar-refractivity contribution in [1.82, 2.24) is 0 Å². The Kier molecular flexibility index (Phi) is 4.35. The van der Waals surface area contributed by atoms with Gasteiger partial charge in [-0.3, -0.25) is 4.79 Å². The fraction of sp³-hybridized carbons (Fsp3) is 0.125. The fourth-order valence-electron chi connectivity index (χ4n) is 1.68. The van der Waals surface area contributed by atoms with Gasteiger partial charge in [0.1, 0.15) is 17.4 Å². The van der Waals surface area contributed by atoms with Gasteiger partial charge in [0, 0.05) is 0 Å². The number of rotatable bonds is 5. The molecule has 0 radical (unpaired) electrons. The Morgan fingerprint density at radius 2 is 2.10 bits per heavy atom. The van der Waals surface area contributed by atoms with Gasteiger partial charge in [-0.2, -0.15) is 5.26 Å². The zero-order valence-electron chi connectivity index (χ0n) is 11.0. The van der Waals surface area contributed by atoms with E-state index in [1.165, 1.54) is 18.4 Å². The average molecular weight is 267 g/mol. The summed E-state index contributed by atoms with van der Waals surface area (Å²) in [5, 5.41) is 9.09. The standard InChI is InChI=1S/C16H13NO3/c1-2-19-14-7-5-12(6-8-14)10-13(11-17)16(18)15-4-3-9-20-15/h3-10H,2H2,1H3/b13-10+. The predicted octanol–water partition coefficient (Wildman–Crippen LogP) is 3.47. The predicted molar refractivity (Wildman–Crippen MR) is 74.2 cm³/mol. The highest BCUT2D eigenvalue weighted by Gasteiger charge is 2.14. The lowest BCUT2D eigenvalue weighted by atomic mass is 10.1. The summed E-state index contributed by atoms with van der Waals surface area (Å²) in [6.45, 7) is 2.50. The van der Waals surface area contributed by atoms with Crippen LogP contribution in [0.2, 0.25) is 0 Å². The summed E-state index contributed by atoms with van der Waals surface area (Å²) in [6.07, 6.45) is 2.93. The van der Waals surface area contributed by atoms with Crippen molar-refractivity contribution >= 4 is 11.9 Å². The maximum absolute atomic E-state index is 12.0. The van der Waals surface area contributed by atoms with Crippen LogP contribution in [-0.2, 0) is 0 Å². The van der Waals surface area contributed by atoms with E-state index in [1.54, 1.807) is 30.3 Å². The molecule has 1 heterocycles. The van der Waals surface area contributed by atoms with Crippen molar-refractivity contribution in [3.63, 3.8) is 0 Å². The Hall–Kier alpha value is -2.80. The molecule has 100 valence electrons. The second-order valence-electron chi connectivity index (χ2n) is 3.98. The average Bonchev–Trinajstić information content (AvgIpc) is 3.00. The third-order valence-corrected chi connectivity index (χ3v) is 2.61. The normalized spacial score (nSPS) is 10.9. The lowest BCUT2D eigenvalue weighted by molar-refractivity contribution is 0.101. The molecular weight excluding hydrogens is 254 g/mol. The van der Waals surface area contributed by atoms with Gasteiger partial charge in [0.2, 0.25) is 5.78 Å². The van der Waals surface area contributed by atoms with E-state index in [1.807, 2.05) is 13.0 Å². The number of hydrogen-bond donors (Lipinski definition) is 0. The molecule has 0 atom stereocenters. The summed E-state index contributed by atoms with van der Waals surface area (Å²) in [5.41, 5.74) is 0.786. The highest BCUT2D eigenvalue weighted by atomic mass is 16.5. The first-order valence-corrected chi connectivity index (χ1v) is 6.17. The quantitative estimate of drug-likeness (QED) is 0.472. The number of carbonyl (C=O) groups is 1. The number of Topliss-reactive ketones (excluding diaryl/α,β-unsaturated/α-hetero) is 1. The number of benzene rings is 1. The summed E-state index contributed by atoms with van der Waals surface area (Å²) in [7, 11) is 0. The van der Waals surface area contributed by atoms with Gasteiger partial charge in [0.25, 0.3) is 0 Å². The molecule has 0 amide bonds. The molecule has 1 aromatic carbocycles. The molecular formula is C16H13NO3. The van der Waals surface area contributed by atoms with Crippen LogP contribution in [0.3, 0.4) is 0 Å². The van der Waals surface area contributed by atoms with Gasteiger partial charge in [0.15, 0.2) is 5.76 Å². The van der Waals surface area contributed by atoms with Gasteiger partial charge in [-0.05, 0) is 42.8 Å². The Balaban J connectivity index is 2.23. The number of furan rings is 1. The SMILES string of the molecule is CCOc1ccc(/C=C(\C#N)C(=O)c2ccco2)cc1. The van der Waals surface area contributed by atoms with E-state index in [-0.39, 0.29) is 11.3 Å². The maximum atomic E-state index is 12.0. The van der Waals surface area contributed by atoms with Crippen LogP contribution < -0.4 is 4.74 Å². The van der Waals surface area contributed by atoms with E-state index in [0.29, 0.717) is 6.61 Å². The zero-order chi connectivity index (χ0) is 14.4. The van der Waals surface area contributed by atoms with Crippen LogP contribution in [0.25, 0.3) is 6.08 Å². The van der Waals surface area contributed by atoms with Crippen LogP contribution in [0, 0.1) is 11.3 Å². The Morgan fingerprint density at radius 3 is 2.65 bits per heavy atom. The van der Waals surface area contributed by atoms with Gasteiger partial charge in [0.05, 0.1) is 12.9 Å². The van der Waals surface area contributed by atoms with Crippen LogP contribution in [0.5, 0.6) is 5.75 Å². The number of hydrogen-bond acceptors (Lipinski definition) is 4. The molecule has 0 unspecified atom stereocenters. The highest BCUT2D eigenvalue weighted by Crippen LogP contribution is 2.16. The molecule has 20 heavy (non-hydrogen) atoms. The highest BCUT2D eigenvalue weighted by molar-refractivity contribution is 6.12. The maximum Gasteiger partial charge on any atom is 0.238 e. The number of ether oxygens (including phenoxy) is 1. The topological polar surface area (TPSA) is 63.2 Å². The third kappa shape index (κ3) is 3.15. The number of ketones is 1. The van der Waals surface area contributed by atoms with Crippen molar-refractivity contribution < 1.29 is 13.9 Å². The zero-order valence-corrected chi connectivity index (χ0v) is 11.0. The van der Waals surface area contributed by atoms with Gasteiger partial charge in [-0.25, -0.2) is 0 Å². The molecule has 4 nitrogen and oxygen atoms in total. The molecule has 0 aliphatic heterocycles. The van der Waals surface area contributed by atoms with Crippen molar-refractivity contribution in [2.24, 2.45) is 0 Å². The molecule has 0 aliphatic rings. The summed E-state index contributed by atoms with van der Waals surface area (Å²) in [4.78, 5) is 12.0. The first kappa shape index (κ1) is 13.6. The second kappa shape index (κ2) is 6.39. The minimum Gasteiger partial charge on any atom is -0.494 e. The molecule has 4 heteroatoms. The summed E-state index contributed by atoms with van der Waals surface area (Å²) in [6, 6.07) is 12.2. The lowest BCUT2D eigenvalue weighted by Gasteiger charge is -2.02. The Labute approximate surface area is 116 Å². The molecule has 0 N–H and O–H groups in total. The van der Waals surface area contributed by atoms with Crippen LogP contribution in [-0.4, -0.2) is 12.4 Å². The van der Waals surface area contributed by atoms with E-state index >= 15 is 0 Å². The van der Waals surface area contributed by atoms with Gasteiger partial charge < -0.3 is 9.15 Å². The fourth-order valence-corrected chi connectivity index (χ4v) is 1.68. The van der Waals surface area contributed by atoms with Gasteiger partial charge in [-0.15, -0.1) is 0 Å². The minimum atomic E-state index is -0.425. The smallest absolute Gasteiger partial charge is 0.238 e.